The molecule has 0 saturated carbocycles. The fourth-order valence-corrected chi connectivity index (χ4v) is 4.43. The normalized spacial score (nSPS) is 12.2. The summed E-state index contributed by atoms with van der Waals surface area (Å²) in [5.41, 5.74) is 1.23. The number of carboxylic acid groups (broad SMARTS) is 1. The molecule has 170 valence electrons. The largest absolute Gasteiger partial charge is 0.478 e. The lowest BCUT2D eigenvalue weighted by Gasteiger charge is -2.19. The summed E-state index contributed by atoms with van der Waals surface area (Å²) < 4.78 is 45.5. The van der Waals surface area contributed by atoms with Crippen molar-refractivity contribution in [2.45, 2.75) is 17.5 Å². The van der Waals surface area contributed by atoms with E-state index in [1.165, 1.54) is 25.2 Å². The zero-order valence-corrected chi connectivity index (χ0v) is 18.8. The van der Waals surface area contributed by atoms with Gasteiger partial charge in [-0.05, 0) is 48.0 Å². The molecule has 0 saturated heterocycles. The molecule has 3 rings (SSSR count). The van der Waals surface area contributed by atoms with Gasteiger partial charge in [-0.15, -0.1) is 0 Å². The molecule has 0 aromatic heterocycles. The van der Waals surface area contributed by atoms with Gasteiger partial charge in [0.2, 0.25) is 16.1 Å². The van der Waals surface area contributed by atoms with Gasteiger partial charge in [-0.25, -0.2) is 17.6 Å². The Morgan fingerprint density at radius 2 is 1.88 bits per heavy atom. The first kappa shape index (κ1) is 24.2. The van der Waals surface area contributed by atoms with Crippen LogP contribution in [0.3, 0.4) is 0 Å². The molecule has 1 atom stereocenters. The Kier molecular flexibility index (Phi) is 7.33. The summed E-state index contributed by atoms with van der Waals surface area (Å²) in [6.07, 6.45) is -1.32. The molecule has 0 aliphatic carbocycles. The Morgan fingerprint density at radius 3 is 2.48 bits per heavy atom. The second kappa shape index (κ2) is 10.0. The van der Waals surface area contributed by atoms with Crippen LogP contribution in [0.1, 0.15) is 22.8 Å². The molecule has 1 unspecified atom stereocenters. The van der Waals surface area contributed by atoms with E-state index >= 15 is 0 Å². The van der Waals surface area contributed by atoms with Crippen molar-refractivity contribution in [2.75, 3.05) is 7.05 Å². The third-order valence-corrected chi connectivity index (χ3v) is 6.81. The molecule has 33 heavy (non-hydrogen) atoms. The molecular formula is C23H18ClFN2O5S. The van der Waals surface area contributed by atoms with Gasteiger partial charge in [0.15, 0.2) is 0 Å². The molecular weight excluding hydrogens is 471 g/mol. The molecule has 0 amide bonds. The van der Waals surface area contributed by atoms with Crippen LogP contribution in [0, 0.1) is 17.1 Å². The quantitative estimate of drug-likeness (QED) is 0.504. The monoisotopic (exact) mass is 488 g/mol. The average molecular weight is 489 g/mol. The van der Waals surface area contributed by atoms with Crippen LogP contribution in [-0.4, -0.2) is 30.8 Å². The first-order valence-electron chi connectivity index (χ1n) is 9.51. The molecule has 7 nitrogen and oxygen atoms in total. The summed E-state index contributed by atoms with van der Waals surface area (Å²) in [5, 5.41) is 18.3. The van der Waals surface area contributed by atoms with Crippen LogP contribution in [0.15, 0.2) is 71.6 Å². The van der Waals surface area contributed by atoms with Crippen molar-refractivity contribution in [3.05, 3.63) is 94.3 Å². The minimum Gasteiger partial charge on any atom is -0.478 e. The van der Waals surface area contributed by atoms with Crippen LogP contribution in [0.25, 0.3) is 0 Å². The Hall–Kier alpha value is -3.45. The number of nitrogens with zero attached hydrogens (tertiary/aromatic N) is 2. The topological polar surface area (TPSA) is 108 Å². The van der Waals surface area contributed by atoms with Gasteiger partial charge in [-0.1, -0.05) is 35.9 Å². The summed E-state index contributed by atoms with van der Waals surface area (Å²) in [6.45, 7) is 0.00415. The van der Waals surface area contributed by atoms with Gasteiger partial charge in [0.25, 0.3) is 0 Å². The molecule has 0 aliphatic heterocycles. The molecule has 1 N–H and O–H groups in total. The van der Waals surface area contributed by atoms with E-state index in [1.807, 2.05) is 6.07 Å². The van der Waals surface area contributed by atoms with Crippen molar-refractivity contribution in [3.63, 3.8) is 0 Å². The summed E-state index contributed by atoms with van der Waals surface area (Å²) >= 11 is 5.70. The summed E-state index contributed by atoms with van der Waals surface area (Å²) in [4.78, 5) is 11.6. The highest BCUT2D eigenvalue weighted by molar-refractivity contribution is 7.89. The molecule has 0 radical (unpaired) electrons. The Balaban J connectivity index is 1.74. The highest BCUT2D eigenvalue weighted by Crippen LogP contribution is 2.25. The van der Waals surface area contributed by atoms with Gasteiger partial charge in [-0.3, -0.25) is 0 Å². The standard InChI is InChI=1S/C23H18ClFN2O5S/c1-27(33(30,31)19-9-10-21(25)20(24)12-19)14-15-5-7-18(8-6-15)32-22(23(28)29)17-4-2-3-16(11-17)13-26/h2-12,22H,14H2,1H3,(H,28,29). The summed E-state index contributed by atoms with van der Waals surface area (Å²) in [5.74, 6) is -1.69. The third-order valence-electron chi connectivity index (χ3n) is 4.72. The van der Waals surface area contributed by atoms with Crippen molar-refractivity contribution >= 4 is 27.6 Å². The predicted octanol–water partition coefficient (Wildman–Crippen LogP) is 4.38. The fourth-order valence-electron chi connectivity index (χ4n) is 3.00. The van der Waals surface area contributed by atoms with E-state index in [-0.39, 0.29) is 22.2 Å². The zero-order chi connectivity index (χ0) is 24.2. The van der Waals surface area contributed by atoms with Gasteiger partial charge in [0, 0.05) is 19.2 Å². The van der Waals surface area contributed by atoms with E-state index in [4.69, 9.17) is 21.6 Å². The van der Waals surface area contributed by atoms with Crippen molar-refractivity contribution in [3.8, 4) is 11.8 Å². The first-order chi connectivity index (χ1) is 15.6. The van der Waals surface area contributed by atoms with Crippen LogP contribution >= 0.6 is 11.6 Å². The van der Waals surface area contributed by atoms with Crippen molar-refractivity contribution in [1.29, 1.82) is 5.26 Å². The molecule has 0 fully saturated rings. The SMILES string of the molecule is CN(Cc1ccc(OC(C(=O)O)c2cccc(C#N)c2)cc1)S(=O)(=O)c1ccc(F)c(Cl)c1. The van der Waals surface area contributed by atoms with E-state index in [0.29, 0.717) is 16.7 Å². The Labute approximate surface area is 195 Å². The number of rotatable bonds is 8. The second-order valence-electron chi connectivity index (χ2n) is 7.05. The lowest BCUT2D eigenvalue weighted by atomic mass is 10.1. The molecule has 3 aromatic rings. The van der Waals surface area contributed by atoms with Crippen LogP contribution in [-0.2, 0) is 21.4 Å². The van der Waals surface area contributed by atoms with Crippen molar-refractivity contribution < 1.29 is 27.4 Å². The number of benzene rings is 3. The van der Waals surface area contributed by atoms with Gasteiger partial charge in [-0.2, -0.15) is 9.57 Å². The van der Waals surface area contributed by atoms with Crippen molar-refractivity contribution in [1.82, 2.24) is 4.31 Å². The second-order valence-corrected chi connectivity index (χ2v) is 9.51. The first-order valence-corrected chi connectivity index (χ1v) is 11.3. The molecule has 0 bridgehead atoms. The maximum Gasteiger partial charge on any atom is 0.349 e. The maximum absolute atomic E-state index is 13.4. The lowest BCUT2D eigenvalue weighted by Crippen LogP contribution is -2.26. The van der Waals surface area contributed by atoms with Crippen LogP contribution in [0.5, 0.6) is 5.75 Å². The number of halogens is 2. The molecule has 0 heterocycles. The minimum absolute atomic E-state index is 0.00415. The van der Waals surface area contributed by atoms with Crippen LogP contribution in [0.2, 0.25) is 5.02 Å². The zero-order valence-electron chi connectivity index (χ0n) is 17.3. The summed E-state index contributed by atoms with van der Waals surface area (Å²) in [7, 11) is -2.54. The van der Waals surface area contributed by atoms with Crippen LogP contribution < -0.4 is 4.74 Å². The van der Waals surface area contributed by atoms with Gasteiger partial charge in [0.05, 0.1) is 21.6 Å². The number of aliphatic carboxylic acids is 1. The minimum atomic E-state index is -3.91. The highest BCUT2D eigenvalue weighted by atomic mass is 35.5. The maximum atomic E-state index is 13.4. The Bertz CT molecular complexity index is 1320. The van der Waals surface area contributed by atoms with E-state index in [9.17, 15) is 22.7 Å². The molecule has 3 aromatic carbocycles. The van der Waals surface area contributed by atoms with Crippen LogP contribution in [0.4, 0.5) is 4.39 Å². The number of carbonyl (C=O) groups is 1. The van der Waals surface area contributed by atoms with E-state index < -0.39 is 27.9 Å². The number of ether oxygens (including phenoxy) is 1. The van der Waals surface area contributed by atoms with Gasteiger partial charge < -0.3 is 9.84 Å². The van der Waals surface area contributed by atoms with E-state index in [2.05, 4.69) is 0 Å². The molecule has 0 aliphatic rings. The number of nitriles is 1. The third kappa shape index (κ3) is 5.68. The molecule has 0 spiro atoms. The number of sulfonamides is 1. The number of hydrogen-bond acceptors (Lipinski definition) is 5. The van der Waals surface area contributed by atoms with Gasteiger partial charge in [0.1, 0.15) is 11.6 Å². The smallest absolute Gasteiger partial charge is 0.349 e. The highest BCUT2D eigenvalue weighted by Gasteiger charge is 2.24. The number of carboxylic acids is 1. The van der Waals surface area contributed by atoms with E-state index in [0.717, 1.165) is 22.5 Å². The number of hydrogen-bond donors (Lipinski definition) is 1. The Morgan fingerprint density at radius 1 is 1.18 bits per heavy atom. The van der Waals surface area contributed by atoms with Gasteiger partial charge >= 0.3 is 5.97 Å². The average Bonchev–Trinajstić information content (AvgIpc) is 2.80. The molecule has 10 heteroatoms. The fraction of sp³-hybridized carbons (Fsp3) is 0.130. The lowest BCUT2D eigenvalue weighted by molar-refractivity contribution is -0.145. The van der Waals surface area contributed by atoms with E-state index in [1.54, 1.807) is 30.3 Å². The predicted molar refractivity (Wildman–Crippen MR) is 119 cm³/mol. The summed E-state index contributed by atoms with van der Waals surface area (Å²) in [6, 6.07) is 17.5. The van der Waals surface area contributed by atoms with Crippen molar-refractivity contribution in [2.24, 2.45) is 0 Å².